The molecule has 0 unspecified atom stereocenters. The highest BCUT2D eigenvalue weighted by Crippen LogP contribution is 2.30. The van der Waals surface area contributed by atoms with Gasteiger partial charge in [0, 0.05) is 6.42 Å². The smallest absolute Gasteiger partial charge is 0.220 e. The van der Waals surface area contributed by atoms with E-state index >= 15 is 0 Å². The monoisotopic (exact) mass is 325 g/mol. The van der Waals surface area contributed by atoms with Crippen LogP contribution in [-0.2, 0) is 17.6 Å². The van der Waals surface area contributed by atoms with E-state index in [9.17, 15) is 9.90 Å². The van der Waals surface area contributed by atoms with Crippen LogP contribution in [0.15, 0.2) is 48.5 Å². The second-order valence-corrected chi connectivity index (χ2v) is 6.20. The zero-order valence-corrected chi connectivity index (χ0v) is 13.9. The summed E-state index contributed by atoms with van der Waals surface area (Å²) < 4.78 is 5.13. The van der Waals surface area contributed by atoms with Gasteiger partial charge in [0.25, 0.3) is 0 Å². The number of carbonyl (C=O) groups is 1. The van der Waals surface area contributed by atoms with Crippen molar-refractivity contribution >= 4 is 5.91 Å². The summed E-state index contributed by atoms with van der Waals surface area (Å²) >= 11 is 0. The van der Waals surface area contributed by atoms with Crippen molar-refractivity contribution in [3.63, 3.8) is 0 Å². The summed E-state index contributed by atoms with van der Waals surface area (Å²) in [7, 11) is 1.63. The number of amides is 1. The van der Waals surface area contributed by atoms with Crippen molar-refractivity contribution in [2.45, 2.75) is 37.8 Å². The number of rotatable bonds is 5. The average Bonchev–Trinajstić information content (AvgIpc) is 2.63. The Labute approximate surface area is 142 Å². The molecule has 0 spiro atoms. The Balaban J connectivity index is 1.60. The van der Waals surface area contributed by atoms with E-state index < -0.39 is 6.10 Å². The number of hydrogen-bond acceptors (Lipinski definition) is 3. The van der Waals surface area contributed by atoms with Crippen LogP contribution in [0.25, 0.3) is 0 Å². The van der Waals surface area contributed by atoms with Crippen molar-refractivity contribution in [2.75, 3.05) is 7.11 Å². The first-order chi connectivity index (χ1) is 11.7. The molecule has 1 aliphatic rings. The van der Waals surface area contributed by atoms with Gasteiger partial charge in [0.1, 0.15) is 5.75 Å². The maximum absolute atomic E-state index is 12.3. The lowest BCUT2D eigenvalue weighted by Gasteiger charge is -2.31. The molecule has 0 radical (unpaired) electrons. The normalized spacial score (nSPS) is 19.4. The summed E-state index contributed by atoms with van der Waals surface area (Å²) in [5.74, 6) is 0.775. The molecule has 2 aromatic rings. The van der Waals surface area contributed by atoms with Crippen LogP contribution in [0.1, 0.15) is 35.6 Å². The van der Waals surface area contributed by atoms with Crippen LogP contribution in [0.4, 0.5) is 0 Å². The molecule has 2 aromatic carbocycles. The molecule has 0 heterocycles. The summed E-state index contributed by atoms with van der Waals surface area (Å²) in [6.07, 6.45) is 2.08. The standard InChI is InChI=1S/C20H23NO3/c1-24-16-10-6-14(7-11-16)8-13-19(23)21-20-17-5-3-2-4-15(17)9-12-18(20)22/h2-7,10-11,18,20,22H,8-9,12-13H2,1H3,(H,21,23)/t18-,20+/m1/s1. The van der Waals surface area contributed by atoms with Gasteiger partial charge in [-0.1, -0.05) is 36.4 Å². The van der Waals surface area contributed by atoms with Gasteiger partial charge < -0.3 is 15.2 Å². The van der Waals surface area contributed by atoms with E-state index in [1.165, 1.54) is 5.56 Å². The Morgan fingerprint density at radius 2 is 1.96 bits per heavy atom. The Bertz CT molecular complexity index is 696. The van der Waals surface area contributed by atoms with E-state index in [2.05, 4.69) is 11.4 Å². The van der Waals surface area contributed by atoms with Crippen molar-refractivity contribution in [3.05, 3.63) is 65.2 Å². The fraction of sp³-hybridized carbons (Fsp3) is 0.350. The molecule has 0 saturated heterocycles. The number of benzene rings is 2. The molecule has 0 fully saturated rings. The van der Waals surface area contributed by atoms with Crippen molar-refractivity contribution in [1.29, 1.82) is 0 Å². The van der Waals surface area contributed by atoms with Gasteiger partial charge in [-0.15, -0.1) is 0 Å². The molecule has 0 aromatic heterocycles. The van der Waals surface area contributed by atoms with E-state index in [0.717, 1.165) is 23.3 Å². The van der Waals surface area contributed by atoms with Crippen LogP contribution in [-0.4, -0.2) is 24.2 Å². The third-order valence-electron chi connectivity index (χ3n) is 4.60. The number of carbonyl (C=O) groups excluding carboxylic acids is 1. The quantitative estimate of drug-likeness (QED) is 0.889. The fourth-order valence-corrected chi connectivity index (χ4v) is 3.21. The Morgan fingerprint density at radius 3 is 2.71 bits per heavy atom. The highest BCUT2D eigenvalue weighted by molar-refractivity contribution is 5.77. The predicted molar refractivity (Wildman–Crippen MR) is 93.0 cm³/mol. The molecule has 0 aliphatic heterocycles. The average molecular weight is 325 g/mol. The number of fused-ring (bicyclic) bond motifs is 1. The van der Waals surface area contributed by atoms with Crippen LogP contribution in [0.5, 0.6) is 5.75 Å². The third-order valence-corrected chi connectivity index (χ3v) is 4.60. The second kappa shape index (κ2) is 7.49. The van der Waals surface area contributed by atoms with E-state index in [1.54, 1.807) is 7.11 Å². The summed E-state index contributed by atoms with van der Waals surface area (Å²) in [5.41, 5.74) is 3.34. The van der Waals surface area contributed by atoms with Crippen molar-refractivity contribution in [3.8, 4) is 5.75 Å². The second-order valence-electron chi connectivity index (χ2n) is 6.20. The number of aryl methyl sites for hydroxylation is 2. The van der Waals surface area contributed by atoms with Gasteiger partial charge >= 0.3 is 0 Å². The van der Waals surface area contributed by atoms with Crippen LogP contribution in [0.3, 0.4) is 0 Å². The number of methoxy groups -OCH3 is 1. The zero-order chi connectivity index (χ0) is 16.9. The van der Waals surface area contributed by atoms with Crippen molar-refractivity contribution in [2.24, 2.45) is 0 Å². The van der Waals surface area contributed by atoms with Crippen molar-refractivity contribution < 1.29 is 14.6 Å². The lowest BCUT2D eigenvalue weighted by atomic mass is 9.85. The number of ether oxygens (including phenoxy) is 1. The molecule has 2 N–H and O–H groups in total. The predicted octanol–water partition coefficient (Wildman–Crippen LogP) is 2.79. The van der Waals surface area contributed by atoms with E-state index in [4.69, 9.17) is 4.74 Å². The summed E-state index contributed by atoms with van der Waals surface area (Å²) in [5, 5.41) is 13.3. The first-order valence-electron chi connectivity index (χ1n) is 8.35. The molecular weight excluding hydrogens is 302 g/mol. The maximum atomic E-state index is 12.3. The topological polar surface area (TPSA) is 58.6 Å². The number of nitrogens with one attached hydrogen (secondary N) is 1. The van der Waals surface area contributed by atoms with Crippen LogP contribution >= 0.6 is 0 Å². The van der Waals surface area contributed by atoms with Gasteiger partial charge in [-0.25, -0.2) is 0 Å². The molecule has 0 bridgehead atoms. The Kier molecular flexibility index (Phi) is 5.16. The van der Waals surface area contributed by atoms with Crippen LogP contribution in [0, 0.1) is 0 Å². The van der Waals surface area contributed by atoms with Gasteiger partial charge in [0.15, 0.2) is 0 Å². The zero-order valence-electron chi connectivity index (χ0n) is 13.9. The highest BCUT2D eigenvalue weighted by Gasteiger charge is 2.28. The van der Waals surface area contributed by atoms with E-state index in [-0.39, 0.29) is 11.9 Å². The Hall–Kier alpha value is -2.33. The number of aliphatic hydroxyl groups excluding tert-OH is 1. The first kappa shape index (κ1) is 16.5. The van der Waals surface area contributed by atoms with Gasteiger partial charge in [0.05, 0.1) is 19.3 Å². The summed E-state index contributed by atoms with van der Waals surface area (Å²) in [6.45, 7) is 0. The molecule has 3 rings (SSSR count). The van der Waals surface area contributed by atoms with E-state index in [0.29, 0.717) is 19.3 Å². The van der Waals surface area contributed by atoms with Gasteiger partial charge in [0.2, 0.25) is 5.91 Å². The third kappa shape index (κ3) is 3.77. The summed E-state index contributed by atoms with van der Waals surface area (Å²) in [6, 6.07) is 15.4. The highest BCUT2D eigenvalue weighted by atomic mass is 16.5. The minimum Gasteiger partial charge on any atom is -0.497 e. The minimum atomic E-state index is -0.523. The molecule has 24 heavy (non-hydrogen) atoms. The van der Waals surface area contributed by atoms with Gasteiger partial charge in [-0.2, -0.15) is 0 Å². The van der Waals surface area contributed by atoms with E-state index in [1.807, 2.05) is 42.5 Å². The molecule has 126 valence electrons. The minimum absolute atomic E-state index is 0.0356. The molecule has 0 saturated carbocycles. The molecule has 4 nitrogen and oxygen atoms in total. The van der Waals surface area contributed by atoms with Crippen LogP contribution in [0.2, 0.25) is 0 Å². The fourth-order valence-electron chi connectivity index (χ4n) is 3.21. The SMILES string of the molecule is COc1ccc(CCC(=O)N[C@H]2c3ccccc3CC[C@H]2O)cc1. The van der Waals surface area contributed by atoms with Gasteiger partial charge in [-0.3, -0.25) is 4.79 Å². The largest absolute Gasteiger partial charge is 0.497 e. The maximum Gasteiger partial charge on any atom is 0.220 e. The first-order valence-corrected chi connectivity index (χ1v) is 8.35. The van der Waals surface area contributed by atoms with Crippen molar-refractivity contribution in [1.82, 2.24) is 5.32 Å². The molecular formula is C20H23NO3. The molecule has 4 heteroatoms. The number of aliphatic hydroxyl groups is 1. The lowest BCUT2D eigenvalue weighted by Crippen LogP contribution is -2.39. The molecule has 1 amide bonds. The number of hydrogen-bond donors (Lipinski definition) is 2. The van der Waals surface area contributed by atoms with Crippen LogP contribution < -0.4 is 10.1 Å². The molecule has 2 atom stereocenters. The lowest BCUT2D eigenvalue weighted by molar-refractivity contribution is -0.122. The Morgan fingerprint density at radius 1 is 1.21 bits per heavy atom. The summed E-state index contributed by atoms with van der Waals surface area (Å²) in [4.78, 5) is 12.3. The molecule has 1 aliphatic carbocycles. The van der Waals surface area contributed by atoms with Gasteiger partial charge in [-0.05, 0) is 48.1 Å².